The van der Waals surface area contributed by atoms with E-state index in [1.54, 1.807) is 0 Å². The predicted molar refractivity (Wildman–Crippen MR) is 83.3 cm³/mol. The predicted octanol–water partition coefficient (Wildman–Crippen LogP) is 2.48. The van der Waals surface area contributed by atoms with E-state index in [1.807, 2.05) is 32.0 Å². The minimum absolute atomic E-state index is 0.0438. The quantitative estimate of drug-likeness (QED) is 0.887. The molecule has 0 atom stereocenters. The van der Waals surface area contributed by atoms with E-state index in [2.05, 4.69) is 4.72 Å². The molecule has 2 rings (SSSR count). The lowest BCUT2D eigenvalue weighted by molar-refractivity contribution is 0.0696. The second-order valence-corrected chi connectivity index (χ2v) is 6.85. The Morgan fingerprint density at radius 1 is 1.09 bits per heavy atom. The third-order valence-electron chi connectivity index (χ3n) is 3.36. The molecule has 0 aromatic heterocycles. The summed E-state index contributed by atoms with van der Waals surface area (Å²) in [6.45, 7) is 4.10. The molecule has 0 aliphatic rings. The molecule has 2 aromatic rings. The normalized spacial score (nSPS) is 11.4. The lowest BCUT2D eigenvalue weighted by Gasteiger charge is -2.10. The molecule has 2 N–H and O–H groups in total. The summed E-state index contributed by atoms with van der Waals surface area (Å²) < 4.78 is 26.9. The molecular weight excluding hydrogens is 302 g/mol. The number of aromatic carboxylic acids is 1. The first kappa shape index (κ1) is 16.2. The van der Waals surface area contributed by atoms with Gasteiger partial charge in [0.15, 0.2) is 0 Å². The van der Waals surface area contributed by atoms with Crippen LogP contribution in [0.3, 0.4) is 0 Å². The summed E-state index contributed by atoms with van der Waals surface area (Å²) in [5.74, 6) is -1.09. The van der Waals surface area contributed by atoms with Gasteiger partial charge in [0.1, 0.15) is 0 Å². The molecule has 0 unspecified atom stereocenters. The number of rotatable bonds is 5. The molecule has 0 saturated heterocycles. The first-order valence-corrected chi connectivity index (χ1v) is 8.17. The zero-order valence-electron chi connectivity index (χ0n) is 12.3. The molecule has 5 nitrogen and oxygen atoms in total. The van der Waals surface area contributed by atoms with Crippen LogP contribution in [0, 0.1) is 13.8 Å². The molecule has 0 saturated carbocycles. The second-order valence-electron chi connectivity index (χ2n) is 5.08. The maximum atomic E-state index is 12.2. The third kappa shape index (κ3) is 3.72. The first-order valence-electron chi connectivity index (χ1n) is 6.69. The Hall–Kier alpha value is -2.18. The van der Waals surface area contributed by atoms with Crippen molar-refractivity contribution < 1.29 is 18.3 Å². The average Bonchev–Trinajstić information content (AvgIpc) is 2.46. The van der Waals surface area contributed by atoms with E-state index in [9.17, 15) is 13.2 Å². The second kappa shape index (κ2) is 6.29. The summed E-state index contributed by atoms with van der Waals surface area (Å²) in [6.07, 6.45) is 0. The van der Waals surface area contributed by atoms with Crippen molar-refractivity contribution in [1.82, 2.24) is 4.72 Å². The van der Waals surface area contributed by atoms with Gasteiger partial charge >= 0.3 is 5.97 Å². The summed E-state index contributed by atoms with van der Waals surface area (Å²) in [5.41, 5.74) is 3.09. The number of hydrogen-bond acceptors (Lipinski definition) is 3. The number of carboxylic acids is 1. The van der Waals surface area contributed by atoms with E-state index in [4.69, 9.17) is 5.11 Å². The van der Waals surface area contributed by atoms with Crippen molar-refractivity contribution in [3.05, 3.63) is 64.7 Å². The van der Waals surface area contributed by atoms with Gasteiger partial charge in [0.25, 0.3) is 0 Å². The van der Waals surface area contributed by atoms with Gasteiger partial charge in [-0.1, -0.05) is 23.8 Å². The van der Waals surface area contributed by atoms with Crippen LogP contribution in [0.5, 0.6) is 0 Å². The van der Waals surface area contributed by atoms with Crippen molar-refractivity contribution in [1.29, 1.82) is 0 Å². The van der Waals surface area contributed by atoms with Crippen LogP contribution in [-0.2, 0) is 16.6 Å². The van der Waals surface area contributed by atoms with E-state index >= 15 is 0 Å². The van der Waals surface area contributed by atoms with E-state index < -0.39 is 16.0 Å². The van der Waals surface area contributed by atoms with E-state index in [1.165, 1.54) is 24.3 Å². The number of hydrogen-bond donors (Lipinski definition) is 2. The highest BCUT2D eigenvalue weighted by Gasteiger charge is 2.15. The van der Waals surface area contributed by atoms with Gasteiger partial charge in [-0.15, -0.1) is 0 Å². The Kier molecular flexibility index (Phi) is 4.63. The highest BCUT2D eigenvalue weighted by atomic mass is 32.2. The van der Waals surface area contributed by atoms with Crippen LogP contribution in [0.4, 0.5) is 0 Å². The standard InChI is InChI=1S/C16H17NO4S/c1-11-3-4-14(12(2)9-11)10-17-22(20,21)15-7-5-13(6-8-15)16(18)19/h3-9,17H,10H2,1-2H3,(H,18,19). The van der Waals surface area contributed by atoms with Crippen molar-refractivity contribution in [2.24, 2.45) is 0 Å². The highest BCUT2D eigenvalue weighted by molar-refractivity contribution is 7.89. The van der Waals surface area contributed by atoms with Crippen molar-refractivity contribution >= 4 is 16.0 Å². The maximum Gasteiger partial charge on any atom is 0.335 e. The smallest absolute Gasteiger partial charge is 0.335 e. The Morgan fingerprint density at radius 2 is 1.73 bits per heavy atom. The molecule has 0 radical (unpaired) electrons. The Morgan fingerprint density at radius 3 is 2.27 bits per heavy atom. The summed E-state index contributed by atoms with van der Waals surface area (Å²) in [6, 6.07) is 10.9. The topological polar surface area (TPSA) is 83.5 Å². The van der Waals surface area contributed by atoms with Gasteiger partial charge < -0.3 is 5.11 Å². The lowest BCUT2D eigenvalue weighted by atomic mass is 10.1. The fourth-order valence-electron chi connectivity index (χ4n) is 2.08. The minimum Gasteiger partial charge on any atom is -0.478 e. The van der Waals surface area contributed by atoms with Gasteiger partial charge in [0.05, 0.1) is 10.5 Å². The molecule has 0 amide bonds. The molecule has 6 heteroatoms. The van der Waals surface area contributed by atoms with E-state index in [0.29, 0.717) is 0 Å². The highest BCUT2D eigenvalue weighted by Crippen LogP contribution is 2.14. The number of benzene rings is 2. The number of carbonyl (C=O) groups is 1. The molecule has 0 heterocycles. The fourth-order valence-corrected chi connectivity index (χ4v) is 3.08. The van der Waals surface area contributed by atoms with Crippen LogP contribution >= 0.6 is 0 Å². The Balaban J connectivity index is 2.15. The molecule has 2 aromatic carbocycles. The molecule has 0 aliphatic carbocycles. The van der Waals surface area contributed by atoms with Crippen molar-refractivity contribution in [3.63, 3.8) is 0 Å². The number of carboxylic acid groups (broad SMARTS) is 1. The number of aryl methyl sites for hydroxylation is 2. The molecule has 0 fully saturated rings. The summed E-state index contributed by atoms with van der Waals surface area (Å²) in [7, 11) is -3.67. The van der Waals surface area contributed by atoms with Crippen molar-refractivity contribution in [2.75, 3.05) is 0 Å². The van der Waals surface area contributed by atoms with Gasteiger partial charge in [0.2, 0.25) is 10.0 Å². The SMILES string of the molecule is Cc1ccc(CNS(=O)(=O)c2ccc(C(=O)O)cc2)c(C)c1. The van der Waals surface area contributed by atoms with Crippen LogP contribution in [0.1, 0.15) is 27.0 Å². The molecule has 0 spiro atoms. The summed E-state index contributed by atoms with van der Waals surface area (Å²) in [4.78, 5) is 10.8. The third-order valence-corrected chi connectivity index (χ3v) is 4.78. The molecular formula is C16H17NO4S. The zero-order chi connectivity index (χ0) is 16.3. The average molecular weight is 319 g/mol. The van der Waals surface area contributed by atoms with E-state index in [-0.39, 0.29) is 17.0 Å². The molecule has 116 valence electrons. The van der Waals surface area contributed by atoms with Crippen LogP contribution in [0.15, 0.2) is 47.4 Å². The monoisotopic (exact) mass is 319 g/mol. The van der Waals surface area contributed by atoms with Gasteiger partial charge in [-0.2, -0.15) is 0 Å². The Bertz CT molecular complexity index is 795. The zero-order valence-corrected chi connectivity index (χ0v) is 13.1. The molecule has 22 heavy (non-hydrogen) atoms. The lowest BCUT2D eigenvalue weighted by Crippen LogP contribution is -2.23. The first-order chi connectivity index (χ1) is 10.3. The van der Waals surface area contributed by atoms with Crippen LogP contribution in [0.2, 0.25) is 0 Å². The van der Waals surface area contributed by atoms with Crippen LogP contribution in [0.25, 0.3) is 0 Å². The van der Waals surface area contributed by atoms with Gasteiger partial charge in [-0.3, -0.25) is 0 Å². The maximum absolute atomic E-state index is 12.2. The largest absolute Gasteiger partial charge is 0.478 e. The van der Waals surface area contributed by atoms with Crippen molar-refractivity contribution in [2.45, 2.75) is 25.3 Å². The van der Waals surface area contributed by atoms with Gasteiger partial charge in [-0.05, 0) is 49.2 Å². The minimum atomic E-state index is -3.67. The molecule has 0 aliphatic heterocycles. The summed E-state index contributed by atoms with van der Waals surface area (Å²) >= 11 is 0. The summed E-state index contributed by atoms with van der Waals surface area (Å²) in [5, 5.41) is 8.82. The van der Waals surface area contributed by atoms with Gasteiger partial charge in [0, 0.05) is 6.54 Å². The van der Waals surface area contributed by atoms with Gasteiger partial charge in [-0.25, -0.2) is 17.9 Å². The van der Waals surface area contributed by atoms with E-state index in [0.717, 1.165) is 16.7 Å². The molecule has 0 bridgehead atoms. The van der Waals surface area contributed by atoms with Crippen LogP contribution in [-0.4, -0.2) is 19.5 Å². The number of sulfonamides is 1. The number of nitrogens with one attached hydrogen (secondary N) is 1. The van der Waals surface area contributed by atoms with Crippen LogP contribution < -0.4 is 4.72 Å². The van der Waals surface area contributed by atoms with Crippen molar-refractivity contribution in [3.8, 4) is 0 Å². The Labute approximate surface area is 129 Å². The fraction of sp³-hybridized carbons (Fsp3) is 0.188.